The lowest BCUT2D eigenvalue weighted by Crippen LogP contribution is -2.10. The van der Waals surface area contributed by atoms with Gasteiger partial charge >= 0.3 is 0 Å². The summed E-state index contributed by atoms with van der Waals surface area (Å²) in [6, 6.07) is 17.5. The lowest BCUT2D eigenvalue weighted by Gasteiger charge is -2.19. The summed E-state index contributed by atoms with van der Waals surface area (Å²) < 4.78 is 31.1. The molecular formula is C22H22N4O4S. The number of phenols is 1. The summed E-state index contributed by atoms with van der Waals surface area (Å²) in [5.74, 6) is 0.0576. The predicted molar refractivity (Wildman–Crippen MR) is 118 cm³/mol. The highest BCUT2D eigenvalue weighted by atomic mass is 32.2. The molecule has 3 aromatic rings. The second kappa shape index (κ2) is 8.75. The van der Waals surface area contributed by atoms with Crippen molar-refractivity contribution in [3.05, 3.63) is 72.3 Å². The SMILES string of the molecule is CC(C)(C)c1ccc(O)c(N=Nc2ccc(N=Nc3ccc(S(=O)(=O)O)cc3)cc2)c1. The average molecular weight is 439 g/mol. The van der Waals surface area contributed by atoms with Crippen molar-refractivity contribution in [1.29, 1.82) is 0 Å². The van der Waals surface area contributed by atoms with Gasteiger partial charge in [-0.2, -0.15) is 23.8 Å². The molecule has 0 aromatic heterocycles. The summed E-state index contributed by atoms with van der Waals surface area (Å²) in [6.45, 7) is 6.24. The van der Waals surface area contributed by atoms with Crippen molar-refractivity contribution >= 4 is 32.9 Å². The van der Waals surface area contributed by atoms with Crippen LogP contribution in [0.3, 0.4) is 0 Å². The molecule has 8 nitrogen and oxygen atoms in total. The third kappa shape index (κ3) is 6.03. The summed E-state index contributed by atoms with van der Waals surface area (Å²) >= 11 is 0. The van der Waals surface area contributed by atoms with Gasteiger partial charge in [-0.05, 0) is 71.6 Å². The smallest absolute Gasteiger partial charge is 0.294 e. The van der Waals surface area contributed by atoms with Gasteiger partial charge in [-0.1, -0.05) is 26.8 Å². The van der Waals surface area contributed by atoms with E-state index in [1.165, 1.54) is 24.3 Å². The van der Waals surface area contributed by atoms with E-state index < -0.39 is 10.1 Å². The lowest BCUT2D eigenvalue weighted by molar-refractivity contribution is 0.475. The number of nitrogens with zero attached hydrogens (tertiary/aromatic N) is 4. The van der Waals surface area contributed by atoms with Crippen molar-refractivity contribution in [2.75, 3.05) is 0 Å². The normalized spacial score (nSPS) is 12.6. The monoisotopic (exact) mass is 438 g/mol. The Morgan fingerprint density at radius 1 is 0.710 bits per heavy atom. The number of aromatic hydroxyl groups is 1. The van der Waals surface area contributed by atoms with E-state index in [1.54, 1.807) is 30.3 Å². The number of azo groups is 2. The zero-order chi connectivity index (χ0) is 22.6. The third-order valence-electron chi connectivity index (χ3n) is 4.38. The Balaban J connectivity index is 1.71. The van der Waals surface area contributed by atoms with Gasteiger partial charge in [0.25, 0.3) is 10.1 Å². The molecule has 0 aliphatic rings. The minimum Gasteiger partial charge on any atom is -0.506 e. The summed E-state index contributed by atoms with van der Waals surface area (Å²) in [4.78, 5) is -0.208. The van der Waals surface area contributed by atoms with Gasteiger partial charge in [-0.3, -0.25) is 4.55 Å². The molecule has 0 saturated carbocycles. The van der Waals surface area contributed by atoms with Crippen LogP contribution in [0.1, 0.15) is 26.3 Å². The molecule has 0 amide bonds. The van der Waals surface area contributed by atoms with Gasteiger partial charge in [-0.25, -0.2) is 0 Å². The predicted octanol–water partition coefficient (Wildman–Crippen LogP) is 6.77. The van der Waals surface area contributed by atoms with Crippen LogP contribution in [-0.2, 0) is 15.5 Å². The van der Waals surface area contributed by atoms with E-state index in [9.17, 15) is 13.5 Å². The van der Waals surface area contributed by atoms with E-state index in [0.717, 1.165) is 5.56 Å². The fourth-order valence-electron chi connectivity index (χ4n) is 2.57. The van der Waals surface area contributed by atoms with E-state index in [2.05, 4.69) is 41.2 Å². The highest BCUT2D eigenvalue weighted by molar-refractivity contribution is 7.85. The van der Waals surface area contributed by atoms with Crippen molar-refractivity contribution in [2.45, 2.75) is 31.1 Å². The first-order valence-corrected chi connectivity index (χ1v) is 10.8. The van der Waals surface area contributed by atoms with E-state index >= 15 is 0 Å². The maximum atomic E-state index is 11.0. The highest BCUT2D eigenvalue weighted by Gasteiger charge is 2.15. The summed E-state index contributed by atoms with van der Waals surface area (Å²) in [6.07, 6.45) is 0. The molecule has 9 heteroatoms. The van der Waals surface area contributed by atoms with Crippen LogP contribution >= 0.6 is 0 Å². The maximum absolute atomic E-state index is 11.0. The van der Waals surface area contributed by atoms with E-state index in [0.29, 0.717) is 22.7 Å². The van der Waals surface area contributed by atoms with Gasteiger partial charge in [-0.15, -0.1) is 5.11 Å². The zero-order valence-corrected chi connectivity index (χ0v) is 18.1. The second-order valence-electron chi connectivity index (χ2n) is 7.84. The number of hydrogen-bond acceptors (Lipinski definition) is 7. The molecule has 0 atom stereocenters. The van der Waals surface area contributed by atoms with Crippen molar-refractivity contribution in [3.63, 3.8) is 0 Å². The van der Waals surface area contributed by atoms with Gasteiger partial charge < -0.3 is 5.11 Å². The first-order valence-electron chi connectivity index (χ1n) is 9.37. The molecule has 0 radical (unpaired) electrons. The van der Waals surface area contributed by atoms with Crippen LogP contribution in [0.2, 0.25) is 0 Å². The van der Waals surface area contributed by atoms with Crippen molar-refractivity contribution in [3.8, 4) is 5.75 Å². The minimum absolute atomic E-state index is 0.0576. The third-order valence-corrected chi connectivity index (χ3v) is 5.25. The zero-order valence-electron chi connectivity index (χ0n) is 17.3. The Morgan fingerprint density at radius 3 is 1.61 bits per heavy atom. The molecule has 0 saturated heterocycles. The number of benzene rings is 3. The molecule has 0 heterocycles. The van der Waals surface area contributed by atoms with Crippen LogP contribution in [0.25, 0.3) is 0 Å². The van der Waals surface area contributed by atoms with Crippen LogP contribution in [0.5, 0.6) is 5.75 Å². The van der Waals surface area contributed by atoms with Gasteiger partial charge in [0.05, 0.1) is 22.0 Å². The Morgan fingerprint density at radius 2 is 1.16 bits per heavy atom. The molecule has 0 aliphatic carbocycles. The topological polar surface area (TPSA) is 124 Å². The van der Waals surface area contributed by atoms with Crippen LogP contribution in [-0.4, -0.2) is 18.1 Å². The van der Waals surface area contributed by atoms with Crippen LogP contribution in [0.4, 0.5) is 22.7 Å². The first-order chi connectivity index (χ1) is 14.5. The van der Waals surface area contributed by atoms with Crippen molar-refractivity contribution < 1.29 is 18.1 Å². The molecule has 3 aromatic carbocycles. The molecule has 0 bridgehead atoms. The molecule has 0 unspecified atom stereocenters. The molecule has 3 rings (SSSR count). The first kappa shape index (κ1) is 22.3. The number of phenolic OH excluding ortho intramolecular Hbond substituents is 1. The molecule has 0 spiro atoms. The Labute approximate surface area is 180 Å². The van der Waals surface area contributed by atoms with Gasteiger partial charge in [0.15, 0.2) is 0 Å². The second-order valence-corrected chi connectivity index (χ2v) is 9.26. The molecule has 31 heavy (non-hydrogen) atoms. The maximum Gasteiger partial charge on any atom is 0.294 e. The van der Waals surface area contributed by atoms with Gasteiger partial charge in [0, 0.05) is 0 Å². The lowest BCUT2D eigenvalue weighted by atomic mass is 9.87. The number of rotatable bonds is 5. The molecule has 2 N–H and O–H groups in total. The van der Waals surface area contributed by atoms with Crippen LogP contribution in [0, 0.1) is 0 Å². The molecule has 0 aliphatic heterocycles. The highest BCUT2D eigenvalue weighted by Crippen LogP contribution is 2.34. The van der Waals surface area contributed by atoms with Crippen molar-refractivity contribution in [1.82, 2.24) is 0 Å². The molecule has 0 fully saturated rings. The number of hydrogen-bond donors (Lipinski definition) is 2. The quantitative estimate of drug-likeness (QED) is 0.337. The van der Waals surface area contributed by atoms with Crippen LogP contribution < -0.4 is 0 Å². The Hall–Kier alpha value is -3.43. The Bertz CT molecular complexity index is 1230. The van der Waals surface area contributed by atoms with Gasteiger partial charge in [0.1, 0.15) is 11.4 Å². The summed E-state index contributed by atoms with van der Waals surface area (Å²) in [7, 11) is -4.24. The van der Waals surface area contributed by atoms with E-state index in [-0.39, 0.29) is 16.1 Å². The Kier molecular flexibility index (Phi) is 6.28. The largest absolute Gasteiger partial charge is 0.506 e. The van der Waals surface area contributed by atoms with Gasteiger partial charge in [0.2, 0.25) is 0 Å². The minimum atomic E-state index is -4.24. The van der Waals surface area contributed by atoms with Crippen LogP contribution in [0.15, 0.2) is 92.1 Å². The standard InChI is InChI=1S/C22H22N4O4S/c1-22(2,3)15-4-13-21(27)20(14-15)26-25-17-7-5-16(6-8-17)23-24-18-9-11-19(12-10-18)31(28,29)30/h4-14,27H,1-3H3,(H,28,29,30). The molecular weight excluding hydrogens is 416 g/mol. The van der Waals surface area contributed by atoms with E-state index in [4.69, 9.17) is 4.55 Å². The summed E-state index contributed by atoms with van der Waals surface area (Å²) in [5.41, 5.74) is 2.94. The average Bonchev–Trinajstić information content (AvgIpc) is 2.71. The van der Waals surface area contributed by atoms with E-state index in [1.807, 2.05) is 12.1 Å². The molecule has 160 valence electrons. The summed E-state index contributed by atoms with van der Waals surface area (Å²) in [5, 5.41) is 26.5. The van der Waals surface area contributed by atoms with Crippen molar-refractivity contribution in [2.24, 2.45) is 20.5 Å². The fourth-order valence-corrected chi connectivity index (χ4v) is 3.05. The fraction of sp³-hybridized carbons (Fsp3) is 0.182.